The fraction of sp³-hybridized carbons (Fsp3) is 0.312. The molecule has 0 aliphatic carbocycles. The molecule has 1 aliphatic rings. The maximum Gasteiger partial charge on any atom is 0.299 e. The van der Waals surface area contributed by atoms with E-state index < -0.39 is 11.7 Å². The SMILES string of the molecule is CCn1ccnc1CN1C(=O)C(=O)c2cc(C)cc(C)c21. The van der Waals surface area contributed by atoms with Gasteiger partial charge in [0.15, 0.2) is 0 Å². The molecule has 0 saturated heterocycles. The van der Waals surface area contributed by atoms with Crippen molar-refractivity contribution >= 4 is 17.4 Å². The van der Waals surface area contributed by atoms with Crippen LogP contribution in [-0.4, -0.2) is 21.2 Å². The normalized spacial score (nSPS) is 14.0. The molecule has 2 heterocycles. The number of ketones is 1. The van der Waals surface area contributed by atoms with Gasteiger partial charge in [0.05, 0.1) is 17.8 Å². The first kappa shape index (κ1) is 13.5. The number of Topliss-reactive ketones (excluding diaryl/α,β-unsaturated/α-hetero) is 1. The van der Waals surface area contributed by atoms with Crippen LogP contribution < -0.4 is 4.90 Å². The second-order valence-corrected chi connectivity index (χ2v) is 5.33. The number of carbonyl (C=O) groups excluding carboxylic acids is 2. The molecule has 0 saturated carbocycles. The minimum Gasteiger partial charge on any atom is -0.334 e. The molecule has 2 aromatic rings. The van der Waals surface area contributed by atoms with E-state index in [9.17, 15) is 9.59 Å². The van der Waals surface area contributed by atoms with Crippen LogP contribution in [0.5, 0.6) is 0 Å². The summed E-state index contributed by atoms with van der Waals surface area (Å²) in [5.74, 6) is -0.109. The first-order chi connectivity index (χ1) is 10.0. The van der Waals surface area contributed by atoms with Gasteiger partial charge in [-0.05, 0) is 38.0 Å². The summed E-state index contributed by atoms with van der Waals surface area (Å²) < 4.78 is 1.97. The number of benzene rings is 1. The highest BCUT2D eigenvalue weighted by molar-refractivity contribution is 6.52. The van der Waals surface area contributed by atoms with Gasteiger partial charge >= 0.3 is 0 Å². The average molecular weight is 283 g/mol. The number of imidazole rings is 1. The predicted molar refractivity (Wildman–Crippen MR) is 79.3 cm³/mol. The fourth-order valence-electron chi connectivity index (χ4n) is 2.90. The number of nitrogens with zero attached hydrogens (tertiary/aromatic N) is 3. The molecular formula is C16H17N3O2. The number of rotatable bonds is 3. The molecule has 3 rings (SSSR count). The largest absolute Gasteiger partial charge is 0.334 e. The van der Waals surface area contributed by atoms with Crippen molar-refractivity contribution in [1.29, 1.82) is 0 Å². The van der Waals surface area contributed by atoms with Gasteiger partial charge in [-0.25, -0.2) is 4.98 Å². The number of hydrogen-bond donors (Lipinski definition) is 0. The molecule has 1 aromatic carbocycles. The molecule has 0 unspecified atom stereocenters. The van der Waals surface area contributed by atoms with Crippen LogP contribution in [0.1, 0.15) is 34.2 Å². The predicted octanol–water partition coefficient (Wildman–Crippen LogP) is 2.25. The van der Waals surface area contributed by atoms with Crippen LogP contribution >= 0.6 is 0 Å². The highest BCUT2D eigenvalue weighted by Crippen LogP contribution is 2.34. The summed E-state index contributed by atoms with van der Waals surface area (Å²) in [4.78, 5) is 30.3. The fourth-order valence-corrected chi connectivity index (χ4v) is 2.90. The molecule has 0 radical (unpaired) electrons. The molecule has 0 spiro atoms. The number of anilines is 1. The Morgan fingerprint density at radius 1 is 1.19 bits per heavy atom. The van der Waals surface area contributed by atoms with E-state index in [0.717, 1.165) is 29.2 Å². The lowest BCUT2D eigenvalue weighted by atomic mass is 10.0. The van der Waals surface area contributed by atoms with Gasteiger partial charge in [0.1, 0.15) is 5.82 Å². The lowest BCUT2D eigenvalue weighted by Gasteiger charge is -2.19. The Bertz CT molecular complexity index is 746. The minimum atomic E-state index is -0.468. The van der Waals surface area contributed by atoms with Gasteiger partial charge in [0.2, 0.25) is 0 Å². The van der Waals surface area contributed by atoms with Crippen LogP contribution in [0.2, 0.25) is 0 Å². The molecule has 0 bridgehead atoms. The topological polar surface area (TPSA) is 55.2 Å². The van der Waals surface area contributed by atoms with Crippen molar-refractivity contribution in [3.05, 3.63) is 47.0 Å². The van der Waals surface area contributed by atoms with Crippen LogP contribution in [0.4, 0.5) is 5.69 Å². The van der Waals surface area contributed by atoms with Gasteiger partial charge in [0, 0.05) is 18.9 Å². The van der Waals surface area contributed by atoms with Gasteiger partial charge in [-0.2, -0.15) is 0 Å². The standard InChI is InChI=1S/C16H17N3O2/c1-4-18-6-5-17-13(18)9-19-14-11(3)7-10(2)8-12(14)15(20)16(19)21/h5-8H,4,9H2,1-3H3. The third-order valence-corrected chi connectivity index (χ3v) is 3.84. The molecule has 5 heteroatoms. The Morgan fingerprint density at radius 3 is 2.67 bits per heavy atom. The van der Waals surface area contributed by atoms with Crippen LogP contribution in [0.25, 0.3) is 0 Å². The highest BCUT2D eigenvalue weighted by atomic mass is 16.2. The summed E-state index contributed by atoms with van der Waals surface area (Å²) in [6.07, 6.45) is 3.59. The lowest BCUT2D eigenvalue weighted by Crippen LogP contribution is -2.30. The third kappa shape index (κ3) is 2.05. The van der Waals surface area contributed by atoms with Gasteiger partial charge in [-0.15, -0.1) is 0 Å². The molecule has 108 valence electrons. The number of aryl methyl sites for hydroxylation is 3. The number of amides is 1. The molecule has 1 amide bonds. The van der Waals surface area contributed by atoms with E-state index in [-0.39, 0.29) is 0 Å². The maximum atomic E-state index is 12.3. The van der Waals surface area contributed by atoms with Crippen LogP contribution in [-0.2, 0) is 17.9 Å². The number of hydrogen-bond acceptors (Lipinski definition) is 3. The van der Waals surface area contributed by atoms with E-state index in [0.29, 0.717) is 12.1 Å². The third-order valence-electron chi connectivity index (χ3n) is 3.84. The van der Waals surface area contributed by atoms with Crippen LogP contribution in [0.3, 0.4) is 0 Å². The van der Waals surface area contributed by atoms with Gasteiger partial charge in [-0.3, -0.25) is 14.5 Å². The molecule has 5 nitrogen and oxygen atoms in total. The second kappa shape index (κ2) is 4.84. The van der Waals surface area contributed by atoms with E-state index in [4.69, 9.17) is 0 Å². The Balaban J connectivity index is 2.06. The molecule has 21 heavy (non-hydrogen) atoms. The highest BCUT2D eigenvalue weighted by Gasteiger charge is 2.37. The number of fused-ring (bicyclic) bond motifs is 1. The molecule has 1 aromatic heterocycles. The molecule has 1 aliphatic heterocycles. The monoisotopic (exact) mass is 283 g/mol. The van der Waals surface area contributed by atoms with Crippen molar-refractivity contribution in [3.8, 4) is 0 Å². The Morgan fingerprint density at radius 2 is 1.95 bits per heavy atom. The smallest absolute Gasteiger partial charge is 0.299 e. The first-order valence-electron chi connectivity index (χ1n) is 7.00. The quantitative estimate of drug-likeness (QED) is 0.812. The average Bonchev–Trinajstić information content (AvgIpc) is 2.98. The Kier molecular flexibility index (Phi) is 3.12. The number of carbonyl (C=O) groups is 2. The van der Waals surface area contributed by atoms with E-state index in [2.05, 4.69) is 4.98 Å². The second-order valence-electron chi connectivity index (χ2n) is 5.33. The van der Waals surface area contributed by atoms with E-state index in [1.54, 1.807) is 17.2 Å². The van der Waals surface area contributed by atoms with Gasteiger partial charge in [0.25, 0.3) is 11.7 Å². The summed E-state index contributed by atoms with van der Waals surface area (Å²) in [6, 6.07) is 3.78. The van der Waals surface area contributed by atoms with Gasteiger partial charge in [-0.1, -0.05) is 6.07 Å². The summed E-state index contributed by atoms with van der Waals surface area (Å²) in [7, 11) is 0. The van der Waals surface area contributed by atoms with Gasteiger partial charge < -0.3 is 4.57 Å². The summed E-state index contributed by atoms with van der Waals surface area (Å²) >= 11 is 0. The summed E-state index contributed by atoms with van der Waals surface area (Å²) in [6.45, 7) is 6.98. The maximum absolute atomic E-state index is 12.3. The van der Waals surface area contributed by atoms with Crippen molar-refractivity contribution in [2.24, 2.45) is 0 Å². The van der Waals surface area contributed by atoms with E-state index in [1.807, 2.05) is 37.6 Å². The zero-order chi connectivity index (χ0) is 15.1. The van der Waals surface area contributed by atoms with Crippen molar-refractivity contribution in [3.63, 3.8) is 0 Å². The van der Waals surface area contributed by atoms with Crippen LogP contribution in [0.15, 0.2) is 24.5 Å². The van der Waals surface area contributed by atoms with Crippen molar-refractivity contribution in [2.75, 3.05) is 4.90 Å². The zero-order valence-corrected chi connectivity index (χ0v) is 12.4. The molecule has 0 atom stereocenters. The molecule has 0 fully saturated rings. The molecular weight excluding hydrogens is 266 g/mol. The Hall–Kier alpha value is -2.43. The minimum absolute atomic E-state index is 0.322. The summed E-state index contributed by atoms with van der Waals surface area (Å²) in [5.41, 5.74) is 3.16. The lowest BCUT2D eigenvalue weighted by molar-refractivity contribution is -0.114. The zero-order valence-electron chi connectivity index (χ0n) is 12.4. The summed E-state index contributed by atoms with van der Waals surface area (Å²) in [5, 5.41) is 0. The first-order valence-corrected chi connectivity index (χ1v) is 7.00. The van der Waals surface area contributed by atoms with E-state index >= 15 is 0 Å². The van der Waals surface area contributed by atoms with Crippen LogP contribution in [0, 0.1) is 13.8 Å². The van der Waals surface area contributed by atoms with Crippen molar-refractivity contribution < 1.29 is 9.59 Å². The Labute approximate surface area is 123 Å². The van der Waals surface area contributed by atoms with Crippen molar-refractivity contribution in [1.82, 2.24) is 9.55 Å². The number of aromatic nitrogens is 2. The van der Waals surface area contributed by atoms with Crippen molar-refractivity contribution in [2.45, 2.75) is 33.9 Å². The molecule has 0 N–H and O–H groups in total. The van der Waals surface area contributed by atoms with E-state index in [1.165, 1.54) is 0 Å².